The number of Topliss-reactive ketones (excluding diaryl/α,β-unsaturated/α-hetero) is 1. The van der Waals surface area contributed by atoms with Gasteiger partial charge in [0.2, 0.25) is 5.78 Å². The van der Waals surface area contributed by atoms with Gasteiger partial charge in [0.25, 0.3) is 0 Å². The summed E-state index contributed by atoms with van der Waals surface area (Å²) in [6, 6.07) is 4.43. The topological polar surface area (TPSA) is 44.8 Å². The number of halogens is 3. The SMILES string of the molecule is CC12COC(C(=O)Cc3ccc(C(F)(F)F)cc3)(OC1)OC2. The third-order valence-corrected chi connectivity index (χ3v) is 3.82. The molecule has 22 heavy (non-hydrogen) atoms. The lowest BCUT2D eigenvalue weighted by molar-refractivity contribution is -0.439. The van der Waals surface area contributed by atoms with Crippen LogP contribution in [-0.2, 0) is 31.6 Å². The van der Waals surface area contributed by atoms with Gasteiger partial charge < -0.3 is 14.2 Å². The standard InChI is InChI=1S/C15H15F3O4/c1-13-7-20-15(21-8-13,22-9-13)12(19)6-10-2-4-11(5-3-10)14(16,17)18/h2-5H,6-9H2,1H3. The highest BCUT2D eigenvalue weighted by Crippen LogP contribution is 2.39. The van der Waals surface area contributed by atoms with E-state index in [0.717, 1.165) is 12.1 Å². The number of benzene rings is 1. The lowest BCUT2D eigenvalue weighted by Gasteiger charge is -2.49. The first-order valence-corrected chi connectivity index (χ1v) is 6.84. The lowest BCUT2D eigenvalue weighted by atomic mass is 9.91. The van der Waals surface area contributed by atoms with E-state index < -0.39 is 23.5 Å². The predicted molar refractivity (Wildman–Crippen MR) is 68.8 cm³/mol. The van der Waals surface area contributed by atoms with Crippen molar-refractivity contribution in [3.63, 3.8) is 0 Å². The summed E-state index contributed by atoms with van der Waals surface area (Å²) in [5.74, 6) is -2.16. The second-order valence-corrected chi connectivity index (χ2v) is 6.03. The second kappa shape index (κ2) is 5.04. The zero-order valence-electron chi connectivity index (χ0n) is 11.9. The molecular weight excluding hydrogens is 301 g/mol. The molecule has 7 heteroatoms. The Balaban J connectivity index is 1.70. The molecule has 0 aliphatic carbocycles. The average Bonchev–Trinajstić information content (AvgIpc) is 2.48. The van der Waals surface area contributed by atoms with Gasteiger partial charge in [-0.3, -0.25) is 4.79 Å². The first kappa shape index (κ1) is 15.5. The normalized spacial score (nSPS) is 31.3. The number of ether oxygens (including phenoxy) is 3. The smallest absolute Gasteiger partial charge is 0.320 e. The molecule has 0 aromatic heterocycles. The van der Waals surface area contributed by atoms with Gasteiger partial charge in [0.1, 0.15) is 0 Å². The molecule has 0 N–H and O–H groups in total. The van der Waals surface area contributed by atoms with Crippen molar-refractivity contribution in [1.82, 2.24) is 0 Å². The van der Waals surface area contributed by atoms with Gasteiger partial charge in [0.05, 0.1) is 25.4 Å². The van der Waals surface area contributed by atoms with Crippen molar-refractivity contribution in [2.75, 3.05) is 19.8 Å². The number of rotatable bonds is 3. The summed E-state index contributed by atoms with van der Waals surface area (Å²) in [5, 5.41) is 0. The first-order valence-electron chi connectivity index (χ1n) is 6.84. The van der Waals surface area contributed by atoms with Gasteiger partial charge in [-0.1, -0.05) is 19.1 Å². The van der Waals surface area contributed by atoms with Crippen molar-refractivity contribution in [3.05, 3.63) is 35.4 Å². The van der Waals surface area contributed by atoms with Crippen LogP contribution in [0.2, 0.25) is 0 Å². The number of carbonyl (C=O) groups excluding carboxylic acids is 1. The molecule has 2 bridgehead atoms. The van der Waals surface area contributed by atoms with Crippen molar-refractivity contribution in [2.45, 2.75) is 25.5 Å². The summed E-state index contributed by atoms with van der Waals surface area (Å²) in [5.41, 5.74) is -0.560. The Morgan fingerprint density at radius 1 is 1.09 bits per heavy atom. The molecule has 0 unspecified atom stereocenters. The molecule has 0 spiro atoms. The van der Waals surface area contributed by atoms with E-state index in [1.807, 2.05) is 6.92 Å². The third-order valence-electron chi connectivity index (χ3n) is 3.82. The summed E-state index contributed by atoms with van der Waals surface area (Å²) < 4.78 is 53.7. The molecule has 0 amide bonds. The molecule has 3 saturated heterocycles. The second-order valence-electron chi connectivity index (χ2n) is 6.03. The van der Waals surface area contributed by atoms with Crippen LogP contribution in [-0.4, -0.2) is 31.6 Å². The van der Waals surface area contributed by atoms with E-state index in [9.17, 15) is 18.0 Å². The Hall–Kier alpha value is -1.44. The van der Waals surface area contributed by atoms with Crippen LogP contribution in [0.4, 0.5) is 13.2 Å². The predicted octanol–water partition coefficient (Wildman–Crippen LogP) is 2.55. The Bertz CT molecular complexity index is 555. The fraction of sp³-hybridized carbons (Fsp3) is 0.533. The molecule has 1 aromatic rings. The molecule has 0 atom stereocenters. The molecule has 4 rings (SSSR count). The van der Waals surface area contributed by atoms with Gasteiger partial charge in [0.15, 0.2) is 0 Å². The Kier molecular flexibility index (Phi) is 3.54. The number of hydrogen-bond acceptors (Lipinski definition) is 4. The molecule has 4 nitrogen and oxygen atoms in total. The van der Waals surface area contributed by atoms with Crippen molar-refractivity contribution in [1.29, 1.82) is 0 Å². The Morgan fingerprint density at radius 2 is 1.59 bits per heavy atom. The molecule has 0 radical (unpaired) electrons. The minimum absolute atomic E-state index is 0.116. The van der Waals surface area contributed by atoms with Crippen molar-refractivity contribution in [3.8, 4) is 0 Å². The van der Waals surface area contributed by atoms with E-state index >= 15 is 0 Å². The summed E-state index contributed by atoms with van der Waals surface area (Å²) >= 11 is 0. The van der Waals surface area contributed by atoms with Crippen LogP contribution >= 0.6 is 0 Å². The lowest BCUT2D eigenvalue weighted by Crippen LogP contribution is -2.62. The fourth-order valence-corrected chi connectivity index (χ4v) is 2.40. The van der Waals surface area contributed by atoms with Gasteiger partial charge in [-0.15, -0.1) is 0 Å². The van der Waals surface area contributed by atoms with Crippen LogP contribution in [0.5, 0.6) is 0 Å². The minimum Gasteiger partial charge on any atom is -0.320 e. The Labute approximate surface area is 125 Å². The van der Waals surface area contributed by atoms with Crippen LogP contribution in [0.3, 0.4) is 0 Å². The van der Waals surface area contributed by atoms with Gasteiger partial charge in [-0.2, -0.15) is 13.2 Å². The maximum absolute atomic E-state index is 12.5. The van der Waals surface area contributed by atoms with Crippen molar-refractivity contribution < 1.29 is 32.2 Å². The molecule has 3 aliphatic heterocycles. The molecule has 3 fully saturated rings. The molecule has 3 aliphatic rings. The van der Waals surface area contributed by atoms with E-state index in [4.69, 9.17) is 14.2 Å². The van der Waals surface area contributed by atoms with Crippen LogP contribution in [0, 0.1) is 5.41 Å². The minimum atomic E-state index is -4.40. The fourth-order valence-electron chi connectivity index (χ4n) is 2.40. The number of ketones is 1. The van der Waals surface area contributed by atoms with E-state index in [0.29, 0.717) is 25.4 Å². The summed E-state index contributed by atoms with van der Waals surface area (Å²) in [7, 11) is 0. The number of carbonyl (C=O) groups is 1. The van der Waals surface area contributed by atoms with Gasteiger partial charge >= 0.3 is 12.1 Å². The van der Waals surface area contributed by atoms with Crippen molar-refractivity contribution >= 4 is 5.78 Å². The highest BCUT2D eigenvalue weighted by Gasteiger charge is 2.54. The van der Waals surface area contributed by atoms with Crippen molar-refractivity contribution in [2.24, 2.45) is 5.41 Å². The molecule has 1 aromatic carbocycles. The highest BCUT2D eigenvalue weighted by atomic mass is 19.4. The number of hydrogen-bond donors (Lipinski definition) is 0. The molecule has 3 heterocycles. The monoisotopic (exact) mass is 316 g/mol. The van der Waals surface area contributed by atoms with E-state index in [2.05, 4.69) is 0 Å². The third kappa shape index (κ3) is 2.76. The largest absolute Gasteiger partial charge is 0.416 e. The number of alkyl halides is 3. The van der Waals surface area contributed by atoms with E-state index in [1.165, 1.54) is 12.1 Å². The molecule has 120 valence electrons. The van der Waals surface area contributed by atoms with Gasteiger partial charge in [-0.25, -0.2) is 0 Å². The summed E-state index contributed by atoms with van der Waals surface area (Å²) in [6.45, 7) is 2.99. The van der Waals surface area contributed by atoms with Gasteiger partial charge in [0, 0.05) is 11.8 Å². The zero-order valence-corrected chi connectivity index (χ0v) is 11.9. The summed E-state index contributed by atoms with van der Waals surface area (Å²) in [4.78, 5) is 12.3. The van der Waals surface area contributed by atoms with Crippen LogP contribution in [0.1, 0.15) is 18.1 Å². The maximum atomic E-state index is 12.5. The average molecular weight is 316 g/mol. The number of fused-ring (bicyclic) bond motifs is 3. The summed E-state index contributed by atoms with van der Waals surface area (Å²) in [6.07, 6.45) is -4.51. The van der Waals surface area contributed by atoms with Crippen LogP contribution < -0.4 is 0 Å². The van der Waals surface area contributed by atoms with Crippen LogP contribution in [0.25, 0.3) is 0 Å². The quantitative estimate of drug-likeness (QED) is 0.860. The van der Waals surface area contributed by atoms with Crippen LogP contribution in [0.15, 0.2) is 24.3 Å². The molecular formula is C15H15F3O4. The molecule has 0 saturated carbocycles. The van der Waals surface area contributed by atoms with Gasteiger partial charge in [-0.05, 0) is 17.7 Å². The highest BCUT2D eigenvalue weighted by molar-refractivity contribution is 5.86. The Morgan fingerprint density at radius 3 is 2.05 bits per heavy atom. The van der Waals surface area contributed by atoms with E-state index in [1.54, 1.807) is 0 Å². The van der Waals surface area contributed by atoms with E-state index in [-0.39, 0.29) is 11.8 Å². The zero-order chi connectivity index (χ0) is 16.0. The first-order chi connectivity index (χ1) is 10.2. The maximum Gasteiger partial charge on any atom is 0.416 e.